The Labute approximate surface area is 197 Å². The van der Waals surface area contributed by atoms with Crippen LogP contribution in [0.1, 0.15) is 61.1 Å². The van der Waals surface area contributed by atoms with Gasteiger partial charge in [-0.2, -0.15) is 0 Å². The average molecular weight is 452 g/mol. The van der Waals surface area contributed by atoms with Gasteiger partial charge in [-0.05, 0) is 44.0 Å². The van der Waals surface area contributed by atoms with E-state index in [2.05, 4.69) is 33.6 Å². The zero-order valence-electron chi connectivity index (χ0n) is 20.3. The topological polar surface area (TPSA) is 61.8 Å². The van der Waals surface area contributed by atoms with Gasteiger partial charge in [-0.1, -0.05) is 26.2 Å². The van der Waals surface area contributed by atoms with Crippen LogP contribution in [-0.2, 0) is 13.0 Å². The van der Waals surface area contributed by atoms with Gasteiger partial charge in [-0.15, -0.1) is 0 Å². The van der Waals surface area contributed by atoms with Crippen LogP contribution in [0, 0.1) is 0 Å². The molecule has 2 aromatic rings. The molecule has 1 atom stereocenters. The number of unbranched alkanes of at least 4 members (excludes halogenated alkanes) is 2. The summed E-state index contributed by atoms with van der Waals surface area (Å²) in [6, 6.07) is 7.96. The molecule has 0 saturated carbocycles. The van der Waals surface area contributed by atoms with E-state index < -0.39 is 0 Å². The van der Waals surface area contributed by atoms with Crippen LogP contribution in [0.3, 0.4) is 0 Å². The number of aromatic nitrogens is 2. The summed E-state index contributed by atoms with van der Waals surface area (Å²) in [7, 11) is 1.63. The second-order valence-corrected chi connectivity index (χ2v) is 9.20. The molecule has 0 aliphatic carbocycles. The zero-order chi connectivity index (χ0) is 23.2. The number of hydrogen-bond acceptors (Lipinski definition) is 6. The number of carbonyl (C=O) groups is 1. The Kier molecular flexibility index (Phi) is 7.81. The van der Waals surface area contributed by atoms with Crippen molar-refractivity contribution in [3.05, 3.63) is 47.4 Å². The van der Waals surface area contributed by atoms with Crippen molar-refractivity contribution in [2.75, 3.05) is 44.7 Å². The zero-order valence-corrected chi connectivity index (χ0v) is 20.3. The summed E-state index contributed by atoms with van der Waals surface area (Å²) in [4.78, 5) is 29.2. The van der Waals surface area contributed by atoms with Gasteiger partial charge in [0.05, 0.1) is 19.3 Å². The lowest BCUT2D eigenvalue weighted by molar-refractivity contribution is 0.0731. The number of amides is 1. The summed E-state index contributed by atoms with van der Waals surface area (Å²) in [5.41, 5.74) is 2.86. The van der Waals surface area contributed by atoms with Gasteiger partial charge in [0.25, 0.3) is 5.91 Å². The fourth-order valence-corrected chi connectivity index (χ4v) is 4.95. The molecule has 3 heterocycles. The van der Waals surface area contributed by atoms with Gasteiger partial charge in [0, 0.05) is 49.9 Å². The predicted octanol–water partition coefficient (Wildman–Crippen LogP) is 3.77. The molecule has 4 rings (SSSR count). The Morgan fingerprint density at radius 2 is 1.82 bits per heavy atom. The predicted molar refractivity (Wildman–Crippen MR) is 131 cm³/mol. The summed E-state index contributed by atoms with van der Waals surface area (Å²) >= 11 is 0. The summed E-state index contributed by atoms with van der Waals surface area (Å²) < 4.78 is 5.20. The molecular formula is C26H37N5O2. The highest BCUT2D eigenvalue weighted by Crippen LogP contribution is 2.28. The average Bonchev–Trinajstić information content (AvgIpc) is 2.88. The summed E-state index contributed by atoms with van der Waals surface area (Å²) in [6.07, 6.45) is 7.67. The summed E-state index contributed by atoms with van der Waals surface area (Å²) in [6.45, 7) is 10.00. The number of methoxy groups -OCH3 is 1. The van der Waals surface area contributed by atoms with Gasteiger partial charge in [0.1, 0.15) is 17.9 Å². The molecular weight excluding hydrogens is 414 g/mol. The molecule has 1 saturated heterocycles. The largest absolute Gasteiger partial charge is 0.497 e. The number of rotatable bonds is 8. The van der Waals surface area contributed by atoms with Gasteiger partial charge < -0.3 is 14.5 Å². The molecule has 1 aromatic carbocycles. The highest BCUT2D eigenvalue weighted by molar-refractivity contribution is 5.94. The molecule has 0 bridgehead atoms. The van der Waals surface area contributed by atoms with Crippen LogP contribution in [-0.4, -0.2) is 71.6 Å². The molecule has 178 valence electrons. The fourth-order valence-electron chi connectivity index (χ4n) is 4.95. The molecule has 1 unspecified atom stereocenters. The van der Waals surface area contributed by atoms with Crippen molar-refractivity contribution in [1.29, 1.82) is 0 Å². The molecule has 1 fully saturated rings. The van der Waals surface area contributed by atoms with E-state index in [4.69, 9.17) is 4.74 Å². The van der Waals surface area contributed by atoms with Crippen LogP contribution in [0.2, 0.25) is 0 Å². The Morgan fingerprint density at radius 3 is 2.52 bits per heavy atom. The van der Waals surface area contributed by atoms with E-state index in [1.54, 1.807) is 13.4 Å². The lowest BCUT2D eigenvalue weighted by atomic mass is 10.0. The van der Waals surface area contributed by atoms with Crippen molar-refractivity contribution in [2.45, 2.75) is 58.5 Å². The fraction of sp³-hybridized carbons (Fsp3) is 0.577. The van der Waals surface area contributed by atoms with Crippen LogP contribution in [0.5, 0.6) is 5.75 Å². The monoisotopic (exact) mass is 451 g/mol. The Hall–Kier alpha value is -2.67. The first-order valence-electron chi connectivity index (χ1n) is 12.4. The standard InChI is InChI=1S/C26H37N5O2/c1-4-5-6-7-20(2)29-14-16-30(17-15-29)25-23-12-13-31(18-24(23)27-19-28-25)26(32)21-8-10-22(33-3)11-9-21/h8-11,19-20H,4-7,12-18H2,1-3H3. The summed E-state index contributed by atoms with van der Waals surface area (Å²) in [5, 5.41) is 0. The number of hydrogen-bond donors (Lipinski definition) is 0. The van der Waals surface area contributed by atoms with Crippen LogP contribution in [0.15, 0.2) is 30.6 Å². The van der Waals surface area contributed by atoms with Gasteiger partial charge >= 0.3 is 0 Å². The molecule has 33 heavy (non-hydrogen) atoms. The van der Waals surface area contributed by atoms with Crippen LogP contribution < -0.4 is 9.64 Å². The van der Waals surface area contributed by atoms with Crippen LogP contribution in [0.25, 0.3) is 0 Å². The van der Waals surface area contributed by atoms with Crippen molar-refractivity contribution >= 4 is 11.7 Å². The highest BCUT2D eigenvalue weighted by atomic mass is 16.5. The third-order valence-corrected chi connectivity index (χ3v) is 7.07. The lowest BCUT2D eigenvalue weighted by Gasteiger charge is -2.40. The maximum Gasteiger partial charge on any atom is 0.254 e. The van der Waals surface area contributed by atoms with E-state index in [0.29, 0.717) is 24.7 Å². The van der Waals surface area contributed by atoms with E-state index in [9.17, 15) is 4.79 Å². The van der Waals surface area contributed by atoms with E-state index in [0.717, 1.165) is 49.9 Å². The van der Waals surface area contributed by atoms with Crippen LogP contribution >= 0.6 is 0 Å². The third kappa shape index (κ3) is 5.46. The van der Waals surface area contributed by atoms with Crippen molar-refractivity contribution < 1.29 is 9.53 Å². The minimum atomic E-state index is 0.0362. The molecule has 2 aliphatic heterocycles. The minimum absolute atomic E-state index is 0.0362. The van der Waals surface area contributed by atoms with Crippen molar-refractivity contribution in [1.82, 2.24) is 19.8 Å². The molecule has 7 heteroatoms. The SMILES string of the molecule is CCCCCC(C)N1CCN(c2ncnc3c2CCN(C(=O)c2ccc(OC)cc2)C3)CC1. The second kappa shape index (κ2) is 11.0. The normalized spacial score (nSPS) is 17.5. The van der Waals surface area contributed by atoms with Crippen molar-refractivity contribution in [2.24, 2.45) is 0 Å². The second-order valence-electron chi connectivity index (χ2n) is 9.20. The molecule has 7 nitrogen and oxygen atoms in total. The number of carbonyl (C=O) groups excluding carboxylic acids is 1. The first kappa shape index (κ1) is 23.5. The van der Waals surface area contributed by atoms with Crippen molar-refractivity contribution in [3.63, 3.8) is 0 Å². The van der Waals surface area contributed by atoms with Gasteiger partial charge in [-0.3, -0.25) is 9.69 Å². The number of fused-ring (bicyclic) bond motifs is 1. The molecule has 1 aromatic heterocycles. The molecule has 0 spiro atoms. The van der Waals surface area contributed by atoms with Crippen LogP contribution in [0.4, 0.5) is 5.82 Å². The number of anilines is 1. The molecule has 2 aliphatic rings. The first-order valence-corrected chi connectivity index (χ1v) is 12.4. The number of piperazine rings is 1. The molecule has 0 N–H and O–H groups in total. The van der Waals surface area contributed by atoms with E-state index in [1.807, 2.05) is 29.2 Å². The third-order valence-electron chi connectivity index (χ3n) is 7.07. The number of ether oxygens (including phenoxy) is 1. The number of benzene rings is 1. The van der Waals surface area contributed by atoms with Gasteiger partial charge in [0.2, 0.25) is 0 Å². The first-order chi connectivity index (χ1) is 16.1. The molecule has 1 amide bonds. The van der Waals surface area contributed by atoms with E-state index >= 15 is 0 Å². The molecule has 0 radical (unpaired) electrons. The van der Waals surface area contributed by atoms with Crippen molar-refractivity contribution in [3.8, 4) is 5.75 Å². The number of nitrogens with zero attached hydrogens (tertiary/aromatic N) is 5. The maximum absolute atomic E-state index is 13.0. The van der Waals surface area contributed by atoms with E-state index in [1.165, 1.54) is 31.2 Å². The van der Waals surface area contributed by atoms with Gasteiger partial charge in [0.15, 0.2) is 0 Å². The summed E-state index contributed by atoms with van der Waals surface area (Å²) in [5.74, 6) is 1.85. The van der Waals surface area contributed by atoms with E-state index in [-0.39, 0.29) is 5.91 Å². The maximum atomic E-state index is 13.0. The smallest absolute Gasteiger partial charge is 0.254 e. The quantitative estimate of drug-likeness (QED) is 0.570. The minimum Gasteiger partial charge on any atom is -0.497 e. The Morgan fingerprint density at radius 1 is 1.06 bits per heavy atom. The lowest BCUT2D eigenvalue weighted by Crippen LogP contribution is -2.50. The Bertz CT molecular complexity index is 925. The van der Waals surface area contributed by atoms with Gasteiger partial charge in [-0.25, -0.2) is 9.97 Å². The Balaban J connectivity index is 1.38. The highest BCUT2D eigenvalue weighted by Gasteiger charge is 2.28.